The largest absolute Gasteiger partial charge is 0.478 e. The highest BCUT2D eigenvalue weighted by Crippen LogP contribution is 2.42. The number of nitrogens with zero attached hydrogens (tertiary/aromatic N) is 1. The van der Waals surface area contributed by atoms with Crippen molar-refractivity contribution in [3.63, 3.8) is 0 Å². The Kier molecular flexibility index (Phi) is 3.93. The zero-order valence-electron chi connectivity index (χ0n) is 8.93. The van der Waals surface area contributed by atoms with E-state index >= 15 is 0 Å². The van der Waals surface area contributed by atoms with Gasteiger partial charge in [0.25, 0.3) is 0 Å². The Morgan fingerprint density at radius 1 is 1.47 bits per heavy atom. The van der Waals surface area contributed by atoms with Gasteiger partial charge in [-0.15, -0.1) is 11.7 Å². The van der Waals surface area contributed by atoms with E-state index in [1.807, 2.05) is 31.3 Å². The van der Waals surface area contributed by atoms with Crippen molar-refractivity contribution >= 4 is 33.2 Å². The highest BCUT2D eigenvalue weighted by atomic mass is 33.1. The first kappa shape index (κ1) is 12.3. The maximum absolute atomic E-state index is 10.8. The molecule has 0 radical (unpaired) electrons. The minimum absolute atomic E-state index is 0.313. The normalized spacial score (nSPS) is 13.5. The number of carboxylic acids is 1. The Morgan fingerprint density at radius 2 is 2.07 bits per heavy atom. The molecule has 5 heteroatoms. The number of hydrogen-bond acceptors (Lipinski definition) is 3. The maximum atomic E-state index is 10.8. The van der Waals surface area contributed by atoms with E-state index in [9.17, 15) is 4.79 Å². The quantitative estimate of drug-likeness (QED) is 0.565. The summed E-state index contributed by atoms with van der Waals surface area (Å²) >= 11 is 4.43. The molecule has 1 atom stereocenters. The maximum Gasteiger partial charge on any atom is 0.335 e. The van der Waals surface area contributed by atoms with Crippen LogP contribution in [0.4, 0.5) is 5.69 Å². The first-order valence-corrected chi connectivity index (χ1v) is 7.35. The van der Waals surface area contributed by atoms with E-state index < -0.39 is 15.9 Å². The van der Waals surface area contributed by atoms with Crippen LogP contribution < -0.4 is 4.90 Å². The summed E-state index contributed by atoms with van der Waals surface area (Å²) < 4.78 is 0. The molecule has 84 valence electrons. The molecule has 1 N–H and O–H groups in total. The van der Waals surface area contributed by atoms with Gasteiger partial charge in [0.1, 0.15) is 0 Å². The molecule has 0 amide bonds. The van der Waals surface area contributed by atoms with Crippen LogP contribution in [0.5, 0.6) is 0 Å². The predicted octanol–water partition coefficient (Wildman–Crippen LogP) is 2.29. The lowest BCUT2D eigenvalue weighted by atomic mass is 10.2. The van der Waals surface area contributed by atoms with E-state index in [1.165, 1.54) is 0 Å². The SMILES string of the molecule is CN(C)c1cc(C(=O)O)ccc1[SH](C)S. The van der Waals surface area contributed by atoms with Crippen molar-refractivity contribution in [3.8, 4) is 0 Å². The fourth-order valence-corrected chi connectivity index (χ4v) is 2.68. The molecule has 1 aromatic carbocycles. The van der Waals surface area contributed by atoms with Gasteiger partial charge in [-0.25, -0.2) is 4.79 Å². The molecule has 0 aliphatic carbocycles. The summed E-state index contributed by atoms with van der Waals surface area (Å²) in [6.45, 7) is 0. The third kappa shape index (κ3) is 2.82. The third-order valence-electron chi connectivity index (χ3n) is 2.05. The van der Waals surface area contributed by atoms with Crippen molar-refractivity contribution in [2.45, 2.75) is 4.90 Å². The topological polar surface area (TPSA) is 40.5 Å². The number of thiol groups is 2. The molecule has 0 aliphatic heterocycles. The van der Waals surface area contributed by atoms with Crippen molar-refractivity contribution in [1.82, 2.24) is 0 Å². The molecule has 0 spiro atoms. The summed E-state index contributed by atoms with van der Waals surface area (Å²) in [5.41, 5.74) is 1.24. The van der Waals surface area contributed by atoms with Crippen molar-refractivity contribution in [2.75, 3.05) is 25.3 Å². The van der Waals surface area contributed by atoms with Crippen molar-refractivity contribution < 1.29 is 9.90 Å². The molecule has 0 heterocycles. The molecule has 0 aliphatic rings. The zero-order chi connectivity index (χ0) is 11.6. The monoisotopic (exact) mass is 245 g/mol. The van der Waals surface area contributed by atoms with Gasteiger partial charge in [-0.2, -0.15) is 9.93 Å². The highest BCUT2D eigenvalue weighted by Gasteiger charge is 2.11. The van der Waals surface area contributed by atoms with Crippen LogP contribution >= 0.6 is 21.6 Å². The summed E-state index contributed by atoms with van der Waals surface area (Å²) in [7, 11) is 3.28. The minimum atomic E-state index is -0.899. The summed E-state index contributed by atoms with van der Waals surface area (Å²) in [5, 5.41) is 8.89. The Balaban J connectivity index is 3.27. The molecule has 0 bridgehead atoms. The number of benzene rings is 1. The summed E-state index contributed by atoms with van der Waals surface area (Å²) in [5.74, 6) is -0.899. The van der Waals surface area contributed by atoms with Gasteiger partial charge in [-0.05, 0) is 24.5 Å². The Labute approximate surface area is 97.3 Å². The average Bonchev–Trinajstić information content (AvgIpc) is 2.16. The minimum Gasteiger partial charge on any atom is -0.478 e. The lowest BCUT2D eigenvalue weighted by molar-refractivity contribution is 0.0697. The first-order valence-electron chi connectivity index (χ1n) is 4.40. The Bertz CT molecular complexity index is 378. The van der Waals surface area contributed by atoms with E-state index in [0.717, 1.165) is 10.6 Å². The molecule has 3 nitrogen and oxygen atoms in total. The van der Waals surface area contributed by atoms with Gasteiger partial charge in [0.15, 0.2) is 0 Å². The van der Waals surface area contributed by atoms with Crippen LogP contribution in [0.15, 0.2) is 23.1 Å². The van der Waals surface area contributed by atoms with Crippen LogP contribution in [-0.4, -0.2) is 31.4 Å². The number of rotatable bonds is 3. The molecule has 0 fully saturated rings. The highest BCUT2D eigenvalue weighted by molar-refractivity contribution is 8.77. The van der Waals surface area contributed by atoms with Crippen LogP contribution in [0.25, 0.3) is 0 Å². The standard InChI is InChI=1S/C10H15NO2S2/c1-11(2)8-6-7(10(12)13)4-5-9(8)15(3)14/h4-6,14-15H,1-3H3,(H,12,13). The zero-order valence-corrected chi connectivity index (χ0v) is 10.7. The van der Waals surface area contributed by atoms with E-state index in [-0.39, 0.29) is 0 Å². The first-order chi connectivity index (χ1) is 6.93. The van der Waals surface area contributed by atoms with Crippen LogP contribution in [0.1, 0.15) is 10.4 Å². The van der Waals surface area contributed by atoms with Crippen LogP contribution in [-0.2, 0) is 0 Å². The van der Waals surface area contributed by atoms with Gasteiger partial charge in [-0.3, -0.25) is 0 Å². The van der Waals surface area contributed by atoms with Crippen LogP contribution in [0.3, 0.4) is 0 Å². The predicted molar refractivity (Wildman–Crippen MR) is 69.9 cm³/mol. The van der Waals surface area contributed by atoms with E-state index in [0.29, 0.717) is 5.56 Å². The van der Waals surface area contributed by atoms with Crippen molar-refractivity contribution in [2.24, 2.45) is 0 Å². The number of anilines is 1. The second kappa shape index (κ2) is 4.81. The van der Waals surface area contributed by atoms with Gasteiger partial charge in [0, 0.05) is 24.7 Å². The van der Waals surface area contributed by atoms with Crippen molar-refractivity contribution in [1.29, 1.82) is 0 Å². The molecule has 0 saturated heterocycles. The summed E-state index contributed by atoms with van der Waals surface area (Å²) in [6, 6.07) is 5.16. The van der Waals surface area contributed by atoms with Crippen molar-refractivity contribution in [3.05, 3.63) is 23.8 Å². The number of carboxylic acid groups (broad SMARTS) is 1. The van der Waals surface area contributed by atoms with Gasteiger partial charge in [0.2, 0.25) is 0 Å². The van der Waals surface area contributed by atoms with Gasteiger partial charge >= 0.3 is 5.97 Å². The molecular formula is C10H15NO2S2. The Hall–Kier alpha value is -0.810. The lowest BCUT2D eigenvalue weighted by Crippen LogP contribution is -2.11. The Morgan fingerprint density at radius 3 is 2.47 bits per heavy atom. The van der Waals surface area contributed by atoms with Gasteiger partial charge in [0.05, 0.1) is 5.56 Å². The van der Waals surface area contributed by atoms with Gasteiger partial charge in [-0.1, -0.05) is 0 Å². The lowest BCUT2D eigenvalue weighted by Gasteiger charge is -2.21. The number of aromatic carboxylic acids is 1. The molecule has 1 aromatic rings. The smallest absolute Gasteiger partial charge is 0.335 e. The third-order valence-corrected chi connectivity index (χ3v) is 3.77. The molecule has 1 rings (SSSR count). The van der Waals surface area contributed by atoms with Crippen LogP contribution in [0.2, 0.25) is 0 Å². The number of carbonyl (C=O) groups is 1. The van der Waals surface area contributed by atoms with E-state index in [1.54, 1.807) is 12.1 Å². The van der Waals surface area contributed by atoms with Crippen LogP contribution in [0, 0.1) is 0 Å². The van der Waals surface area contributed by atoms with E-state index in [2.05, 4.69) is 11.7 Å². The molecule has 1 unspecified atom stereocenters. The summed E-state index contributed by atoms with van der Waals surface area (Å²) in [6.07, 6.45) is 2.03. The number of hydrogen-bond donors (Lipinski definition) is 3. The second-order valence-corrected chi connectivity index (χ2v) is 6.76. The van der Waals surface area contributed by atoms with Gasteiger partial charge < -0.3 is 10.0 Å². The molecule has 0 aromatic heterocycles. The molecule has 0 saturated carbocycles. The fraction of sp³-hybridized carbons (Fsp3) is 0.300. The average molecular weight is 245 g/mol. The second-order valence-electron chi connectivity index (χ2n) is 3.43. The fourth-order valence-electron chi connectivity index (χ4n) is 1.29. The molecular weight excluding hydrogens is 230 g/mol. The molecule has 15 heavy (non-hydrogen) atoms. The summed E-state index contributed by atoms with van der Waals surface area (Å²) in [4.78, 5) is 13.8. The van der Waals surface area contributed by atoms with E-state index in [4.69, 9.17) is 5.11 Å².